The molecule has 2 heterocycles. The molecule has 0 aliphatic heterocycles. The Labute approximate surface area is 120 Å². The third-order valence-electron chi connectivity index (χ3n) is 3.30. The lowest BCUT2D eigenvalue weighted by Crippen LogP contribution is -2.00. The zero-order valence-corrected chi connectivity index (χ0v) is 12.1. The zero-order valence-electron chi connectivity index (χ0n) is 11.2. The van der Waals surface area contributed by atoms with E-state index < -0.39 is 0 Å². The van der Waals surface area contributed by atoms with Crippen molar-refractivity contribution in [3.63, 3.8) is 0 Å². The summed E-state index contributed by atoms with van der Waals surface area (Å²) in [4.78, 5) is 7.23. The number of hydrogen-bond donors (Lipinski definition) is 1. The number of hydrogen-bond acceptors (Lipinski definition) is 3. The van der Waals surface area contributed by atoms with Crippen LogP contribution < -0.4 is 0 Å². The minimum atomic E-state index is -0.245. The Bertz CT molecular complexity index is 831. The molecular formula is C14H14FN3OS. The summed E-state index contributed by atoms with van der Waals surface area (Å²) in [6.45, 7) is 4.17. The van der Waals surface area contributed by atoms with E-state index in [2.05, 4.69) is 9.97 Å². The normalized spacial score (nSPS) is 11.3. The number of rotatable bonds is 3. The van der Waals surface area contributed by atoms with E-state index in [1.54, 1.807) is 19.2 Å². The molecule has 0 saturated carbocycles. The van der Waals surface area contributed by atoms with Crippen LogP contribution in [0, 0.1) is 17.5 Å². The first-order valence-electron chi connectivity index (χ1n) is 6.40. The van der Waals surface area contributed by atoms with Gasteiger partial charge in [-0.15, -0.1) is 0 Å². The van der Waals surface area contributed by atoms with Crippen molar-refractivity contribution in [1.29, 1.82) is 0 Å². The second kappa shape index (κ2) is 4.86. The molecule has 0 amide bonds. The fourth-order valence-electron chi connectivity index (χ4n) is 2.16. The fourth-order valence-corrected chi connectivity index (χ4v) is 2.43. The lowest BCUT2D eigenvalue weighted by molar-refractivity contribution is 0.447. The van der Waals surface area contributed by atoms with Crippen LogP contribution in [0.25, 0.3) is 11.0 Å². The number of aromatic nitrogens is 3. The second-order valence-corrected chi connectivity index (χ2v) is 5.10. The van der Waals surface area contributed by atoms with Gasteiger partial charge in [0.15, 0.2) is 4.77 Å². The Balaban J connectivity index is 2.08. The molecule has 3 rings (SSSR count). The maximum atomic E-state index is 13.6. The number of fused-ring (bicyclic) bond motifs is 1. The first kappa shape index (κ1) is 13.1. The molecule has 6 heteroatoms. The first-order valence-corrected chi connectivity index (χ1v) is 6.81. The van der Waals surface area contributed by atoms with E-state index in [0.29, 0.717) is 28.3 Å². The highest BCUT2D eigenvalue weighted by Gasteiger charge is 2.11. The second-order valence-electron chi connectivity index (χ2n) is 4.71. The third kappa shape index (κ3) is 2.16. The van der Waals surface area contributed by atoms with Crippen LogP contribution >= 0.6 is 12.2 Å². The summed E-state index contributed by atoms with van der Waals surface area (Å²) in [5.41, 5.74) is 2.12. The minimum absolute atomic E-state index is 0.245. The highest BCUT2D eigenvalue weighted by atomic mass is 32.1. The predicted molar refractivity (Wildman–Crippen MR) is 76.8 cm³/mol. The Morgan fingerprint density at radius 3 is 2.95 bits per heavy atom. The van der Waals surface area contributed by atoms with Crippen molar-refractivity contribution in [2.24, 2.45) is 0 Å². The van der Waals surface area contributed by atoms with E-state index in [9.17, 15) is 4.39 Å². The molecule has 3 aromatic rings. The summed E-state index contributed by atoms with van der Waals surface area (Å²) in [5.74, 6) is 1.19. The van der Waals surface area contributed by atoms with Gasteiger partial charge in [-0.05, 0) is 36.8 Å². The average molecular weight is 291 g/mol. The van der Waals surface area contributed by atoms with Crippen molar-refractivity contribution in [3.8, 4) is 0 Å². The standard InChI is InChI=1S/C14H14FN3OS/c1-3-9-6-16-13(19-9)7-18-12-4-8(2)10(15)5-11(12)17-14(18)20/h4-6H,3,7H2,1-2H3,(H,17,20). The van der Waals surface area contributed by atoms with E-state index in [1.165, 1.54) is 6.07 Å². The van der Waals surface area contributed by atoms with Crippen LogP contribution in [0.1, 0.15) is 24.1 Å². The summed E-state index contributed by atoms with van der Waals surface area (Å²) in [7, 11) is 0. The number of nitrogens with one attached hydrogen (secondary N) is 1. The Morgan fingerprint density at radius 1 is 1.45 bits per heavy atom. The molecule has 0 aliphatic rings. The Hall–Kier alpha value is -1.95. The zero-order chi connectivity index (χ0) is 14.3. The van der Waals surface area contributed by atoms with E-state index >= 15 is 0 Å². The van der Waals surface area contributed by atoms with Gasteiger partial charge >= 0.3 is 0 Å². The highest BCUT2D eigenvalue weighted by Crippen LogP contribution is 2.20. The number of aryl methyl sites for hydroxylation is 2. The maximum Gasteiger partial charge on any atom is 0.214 e. The first-order chi connectivity index (χ1) is 9.58. The van der Waals surface area contributed by atoms with Gasteiger partial charge in [0.1, 0.15) is 18.1 Å². The molecule has 2 aromatic heterocycles. The molecule has 20 heavy (non-hydrogen) atoms. The van der Waals surface area contributed by atoms with Crippen molar-refractivity contribution < 1.29 is 8.81 Å². The van der Waals surface area contributed by atoms with Gasteiger partial charge in [-0.2, -0.15) is 0 Å². The van der Waals surface area contributed by atoms with Crippen molar-refractivity contribution in [2.75, 3.05) is 0 Å². The van der Waals surface area contributed by atoms with Crippen LogP contribution in [0.2, 0.25) is 0 Å². The molecule has 0 saturated heterocycles. The van der Waals surface area contributed by atoms with E-state index in [4.69, 9.17) is 16.6 Å². The highest BCUT2D eigenvalue weighted by molar-refractivity contribution is 7.71. The van der Waals surface area contributed by atoms with Crippen LogP contribution in [0.5, 0.6) is 0 Å². The van der Waals surface area contributed by atoms with E-state index in [1.807, 2.05) is 11.5 Å². The fraction of sp³-hybridized carbons (Fsp3) is 0.286. The smallest absolute Gasteiger partial charge is 0.214 e. The largest absolute Gasteiger partial charge is 0.444 e. The number of H-pyrrole nitrogens is 1. The summed E-state index contributed by atoms with van der Waals surface area (Å²) in [6.07, 6.45) is 2.52. The molecule has 0 fully saturated rings. The predicted octanol–water partition coefficient (Wildman–Crippen LogP) is 3.75. The van der Waals surface area contributed by atoms with Gasteiger partial charge in [0, 0.05) is 6.42 Å². The van der Waals surface area contributed by atoms with Gasteiger partial charge in [0.05, 0.1) is 17.2 Å². The van der Waals surface area contributed by atoms with Gasteiger partial charge in [-0.1, -0.05) is 6.92 Å². The molecular weight excluding hydrogens is 277 g/mol. The van der Waals surface area contributed by atoms with Gasteiger partial charge in [-0.25, -0.2) is 9.37 Å². The molecule has 0 atom stereocenters. The lowest BCUT2D eigenvalue weighted by atomic mass is 10.2. The van der Waals surface area contributed by atoms with Crippen LogP contribution in [0.3, 0.4) is 0 Å². The molecule has 0 bridgehead atoms. The van der Waals surface area contributed by atoms with Gasteiger partial charge in [0.2, 0.25) is 5.89 Å². The Morgan fingerprint density at radius 2 is 2.25 bits per heavy atom. The number of benzene rings is 1. The molecule has 1 aromatic carbocycles. The van der Waals surface area contributed by atoms with Crippen molar-refractivity contribution in [1.82, 2.24) is 14.5 Å². The number of aromatic amines is 1. The van der Waals surface area contributed by atoms with Gasteiger partial charge in [0.25, 0.3) is 0 Å². The topological polar surface area (TPSA) is 46.8 Å². The number of oxazole rings is 1. The van der Waals surface area contributed by atoms with Crippen molar-refractivity contribution >= 4 is 23.3 Å². The number of halogens is 1. The molecule has 0 unspecified atom stereocenters. The molecule has 104 valence electrons. The summed E-state index contributed by atoms with van der Waals surface area (Å²) >= 11 is 5.29. The van der Waals surface area contributed by atoms with Crippen molar-refractivity contribution in [2.45, 2.75) is 26.8 Å². The maximum absolute atomic E-state index is 13.6. The summed E-state index contributed by atoms with van der Waals surface area (Å²) in [6, 6.07) is 3.24. The SMILES string of the molecule is CCc1cnc(Cn2c(=S)[nH]c3cc(F)c(C)cc32)o1. The summed E-state index contributed by atoms with van der Waals surface area (Å²) < 4.78 is 21.6. The minimum Gasteiger partial charge on any atom is -0.444 e. The van der Waals surface area contributed by atoms with Gasteiger partial charge in [-0.3, -0.25) is 0 Å². The number of nitrogens with zero attached hydrogens (tertiary/aromatic N) is 2. The van der Waals surface area contributed by atoms with E-state index in [0.717, 1.165) is 17.7 Å². The number of imidazole rings is 1. The lowest BCUT2D eigenvalue weighted by Gasteiger charge is -2.02. The van der Waals surface area contributed by atoms with E-state index in [-0.39, 0.29) is 5.82 Å². The van der Waals surface area contributed by atoms with Crippen LogP contribution in [-0.2, 0) is 13.0 Å². The molecule has 0 spiro atoms. The van der Waals surface area contributed by atoms with Crippen LogP contribution in [0.4, 0.5) is 4.39 Å². The molecule has 0 radical (unpaired) electrons. The van der Waals surface area contributed by atoms with Crippen LogP contribution in [0.15, 0.2) is 22.7 Å². The third-order valence-corrected chi connectivity index (χ3v) is 3.62. The monoisotopic (exact) mass is 291 g/mol. The summed E-state index contributed by atoms with van der Waals surface area (Å²) in [5, 5.41) is 0. The molecule has 4 nitrogen and oxygen atoms in total. The average Bonchev–Trinajstić information content (AvgIpc) is 2.98. The Kier molecular flexibility index (Phi) is 3.17. The molecule has 1 N–H and O–H groups in total. The van der Waals surface area contributed by atoms with Crippen molar-refractivity contribution in [3.05, 3.63) is 46.1 Å². The van der Waals surface area contributed by atoms with Gasteiger partial charge < -0.3 is 14.0 Å². The molecule has 0 aliphatic carbocycles. The van der Waals surface area contributed by atoms with Crippen LogP contribution in [-0.4, -0.2) is 14.5 Å². The quantitative estimate of drug-likeness (QED) is 0.748.